The summed E-state index contributed by atoms with van der Waals surface area (Å²) in [7, 11) is -4.90. The Morgan fingerprint density at radius 2 is 1.76 bits per heavy atom. The van der Waals surface area contributed by atoms with E-state index >= 15 is 0 Å². The third kappa shape index (κ3) is 3.36. The molecule has 0 unspecified atom stereocenters. The topological polar surface area (TPSA) is 37.4 Å². The minimum absolute atomic E-state index is 0.362. The number of rotatable bonds is 4. The Morgan fingerprint density at radius 1 is 1.19 bits per heavy atom. The van der Waals surface area contributed by atoms with Gasteiger partial charge in [-0.05, 0) is 24.6 Å². The van der Waals surface area contributed by atoms with Gasteiger partial charge in [0.05, 0.1) is 13.0 Å². The lowest BCUT2D eigenvalue weighted by Crippen LogP contribution is -2.31. The number of aryl methyl sites for hydroxylation is 1. The number of sulfonamides is 1. The second-order valence-corrected chi connectivity index (χ2v) is 13.6. The van der Waals surface area contributed by atoms with Crippen LogP contribution < -0.4 is 0 Å². The zero-order chi connectivity index (χ0) is 15.8. The zero-order valence-electron chi connectivity index (χ0n) is 13.2. The molecular formula is C16H23NO2SSi. The zero-order valence-corrected chi connectivity index (χ0v) is 15.0. The predicted octanol–water partition coefficient (Wildman–Crippen LogP) is 3.36. The van der Waals surface area contributed by atoms with E-state index < -0.39 is 18.1 Å². The van der Waals surface area contributed by atoms with Crippen LogP contribution >= 0.6 is 0 Å². The third-order valence-corrected chi connectivity index (χ3v) is 7.80. The highest BCUT2D eigenvalue weighted by Gasteiger charge is 2.31. The van der Waals surface area contributed by atoms with E-state index in [9.17, 15) is 8.42 Å². The van der Waals surface area contributed by atoms with Crippen LogP contribution in [-0.2, 0) is 10.0 Å². The van der Waals surface area contributed by atoms with Gasteiger partial charge in [0.1, 0.15) is 0 Å². The molecule has 0 fully saturated rings. The molecule has 0 atom stereocenters. The molecule has 3 nitrogen and oxygen atoms in total. The Morgan fingerprint density at radius 3 is 2.29 bits per heavy atom. The highest BCUT2D eigenvalue weighted by Crippen LogP contribution is 2.28. The molecule has 1 heterocycles. The summed E-state index contributed by atoms with van der Waals surface area (Å²) in [4.78, 5) is 0.362. The molecule has 0 saturated heterocycles. The van der Waals surface area contributed by atoms with Crippen LogP contribution in [0.2, 0.25) is 19.6 Å². The monoisotopic (exact) mass is 321 g/mol. The van der Waals surface area contributed by atoms with Crippen LogP contribution in [0.1, 0.15) is 5.56 Å². The third-order valence-electron chi connectivity index (χ3n) is 3.84. The largest absolute Gasteiger partial charge is 0.243 e. The van der Waals surface area contributed by atoms with Crippen molar-refractivity contribution in [3.05, 3.63) is 53.3 Å². The summed E-state index contributed by atoms with van der Waals surface area (Å²) in [5, 5.41) is 1.14. The van der Waals surface area contributed by atoms with E-state index in [0.29, 0.717) is 18.0 Å². The van der Waals surface area contributed by atoms with Crippen LogP contribution in [0.4, 0.5) is 0 Å². The summed E-state index contributed by atoms with van der Waals surface area (Å²) in [6, 6.07) is 7.02. The van der Waals surface area contributed by atoms with Gasteiger partial charge in [-0.25, -0.2) is 8.42 Å². The first kappa shape index (κ1) is 16.2. The van der Waals surface area contributed by atoms with Gasteiger partial charge < -0.3 is 0 Å². The van der Waals surface area contributed by atoms with E-state index in [1.165, 1.54) is 4.31 Å². The molecule has 0 amide bonds. The number of benzene rings is 1. The van der Waals surface area contributed by atoms with Crippen molar-refractivity contribution in [3.8, 4) is 0 Å². The minimum atomic E-state index is -3.41. The molecule has 5 heteroatoms. The fourth-order valence-electron chi connectivity index (χ4n) is 2.27. The summed E-state index contributed by atoms with van der Waals surface area (Å²) < 4.78 is 26.8. The molecule has 0 spiro atoms. The van der Waals surface area contributed by atoms with Gasteiger partial charge >= 0.3 is 0 Å². The first-order chi connectivity index (χ1) is 9.62. The first-order valence-corrected chi connectivity index (χ1v) is 12.0. The Kier molecular flexibility index (Phi) is 4.28. The van der Waals surface area contributed by atoms with Crippen molar-refractivity contribution in [2.24, 2.45) is 0 Å². The predicted molar refractivity (Wildman–Crippen MR) is 90.5 cm³/mol. The lowest BCUT2D eigenvalue weighted by Gasteiger charge is -2.22. The fraction of sp³-hybridized carbons (Fsp3) is 0.375. The van der Waals surface area contributed by atoms with Gasteiger partial charge in [0.15, 0.2) is 0 Å². The van der Waals surface area contributed by atoms with Crippen LogP contribution in [0, 0.1) is 6.92 Å². The van der Waals surface area contributed by atoms with Crippen molar-refractivity contribution in [1.82, 2.24) is 4.31 Å². The van der Waals surface area contributed by atoms with Crippen molar-refractivity contribution in [1.29, 1.82) is 0 Å². The lowest BCUT2D eigenvalue weighted by atomic mass is 10.2. The summed E-state index contributed by atoms with van der Waals surface area (Å²) in [5.41, 5.74) is 2.14. The Labute approximate surface area is 129 Å². The maximum absolute atomic E-state index is 12.6. The van der Waals surface area contributed by atoms with Gasteiger partial charge in [0.2, 0.25) is 10.0 Å². The molecule has 1 aliphatic rings. The molecule has 114 valence electrons. The molecule has 1 aromatic rings. The van der Waals surface area contributed by atoms with Crippen molar-refractivity contribution >= 4 is 18.1 Å². The molecule has 0 aliphatic carbocycles. The summed E-state index contributed by atoms with van der Waals surface area (Å²) in [6.45, 7) is 13.7. The second-order valence-electron chi connectivity index (χ2n) is 6.57. The second kappa shape index (κ2) is 5.55. The van der Waals surface area contributed by atoms with Gasteiger partial charge in [-0.1, -0.05) is 55.2 Å². The average Bonchev–Trinajstić information content (AvgIpc) is 2.87. The van der Waals surface area contributed by atoms with Crippen LogP contribution in [0.3, 0.4) is 0 Å². The van der Waals surface area contributed by atoms with Gasteiger partial charge in [0.25, 0.3) is 0 Å². The van der Waals surface area contributed by atoms with E-state index in [2.05, 4.69) is 26.2 Å². The molecular weight excluding hydrogens is 298 g/mol. The molecule has 0 saturated carbocycles. The lowest BCUT2D eigenvalue weighted by molar-refractivity contribution is 0.485. The first-order valence-electron chi connectivity index (χ1n) is 7.08. The van der Waals surface area contributed by atoms with E-state index in [1.807, 2.05) is 25.1 Å². The smallest absolute Gasteiger partial charge is 0.207 e. The summed E-state index contributed by atoms with van der Waals surface area (Å²) in [5.74, 6) is 0. The maximum Gasteiger partial charge on any atom is 0.243 e. The Bertz CT molecular complexity index is 682. The normalized spacial score (nSPS) is 16.9. The van der Waals surface area contributed by atoms with Gasteiger partial charge in [-0.15, -0.1) is 0 Å². The molecule has 0 bridgehead atoms. The van der Waals surface area contributed by atoms with E-state index in [-0.39, 0.29) is 0 Å². The molecule has 1 aliphatic heterocycles. The molecule has 0 aromatic heterocycles. The summed E-state index contributed by atoms with van der Waals surface area (Å²) in [6.07, 6.45) is 2.01. The molecule has 21 heavy (non-hydrogen) atoms. The summed E-state index contributed by atoms with van der Waals surface area (Å²) >= 11 is 0. The van der Waals surface area contributed by atoms with Crippen molar-refractivity contribution in [2.45, 2.75) is 31.5 Å². The number of hydrogen-bond acceptors (Lipinski definition) is 2. The Balaban J connectivity index is 2.19. The van der Waals surface area contributed by atoms with Gasteiger partial charge in [0, 0.05) is 13.1 Å². The molecule has 0 N–H and O–H groups in total. The average molecular weight is 322 g/mol. The fourth-order valence-corrected chi connectivity index (χ4v) is 4.78. The molecule has 0 radical (unpaired) electrons. The Hall–Kier alpha value is -1.17. The van der Waals surface area contributed by atoms with Crippen molar-refractivity contribution in [3.63, 3.8) is 0 Å². The molecule has 2 rings (SSSR count). The van der Waals surface area contributed by atoms with Gasteiger partial charge in [-0.2, -0.15) is 4.31 Å². The number of hydrogen-bond donors (Lipinski definition) is 0. The van der Waals surface area contributed by atoms with Crippen LogP contribution in [-0.4, -0.2) is 33.9 Å². The standard InChI is InChI=1S/C16H23NO2SSi/c1-13-6-8-16(9-7-13)20(18,19)17-11-10-15(12-17)14(2)21(3,4)5/h6-10H,2,11-12H2,1,3-5H3. The van der Waals surface area contributed by atoms with Crippen molar-refractivity contribution < 1.29 is 8.42 Å². The van der Waals surface area contributed by atoms with E-state index in [1.54, 1.807) is 12.1 Å². The molecule has 1 aromatic carbocycles. The van der Waals surface area contributed by atoms with Gasteiger partial charge in [-0.3, -0.25) is 0 Å². The van der Waals surface area contributed by atoms with Crippen LogP contribution in [0.25, 0.3) is 0 Å². The number of nitrogens with zero attached hydrogens (tertiary/aromatic N) is 1. The van der Waals surface area contributed by atoms with Crippen LogP contribution in [0.15, 0.2) is 52.6 Å². The van der Waals surface area contributed by atoms with Crippen LogP contribution in [0.5, 0.6) is 0 Å². The van der Waals surface area contributed by atoms with E-state index in [4.69, 9.17) is 0 Å². The minimum Gasteiger partial charge on any atom is -0.207 e. The SMILES string of the molecule is C=C(C1=CCN(S(=O)(=O)c2ccc(C)cc2)C1)[Si](C)(C)C. The highest BCUT2D eigenvalue weighted by molar-refractivity contribution is 7.89. The van der Waals surface area contributed by atoms with E-state index in [0.717, 1.165) is 16.3 Å². The van der Waals surface area contributed by atoms with Crippen molar-refractivity contribution in [2.75, 3.05) is 13.1 Å². The quantitative estimate of drug-likeness (QED) is 0.798. The highest BCUT2D eigenvalue weighted by atomic mass is 32.2. The maximum atomic E-state index is 12.6.